The molecule has 0 bridgehead atoms. The summed E-state index contributed by atoms with van der Waals surface area (Å²) in [5.41, 5.74) is 0. The molecule has 0 heterocycles. The second-order valence-corrected chi connectivity index (χ2v) is 0.995. The van der Waals surface area contributed by atoms with Gasteiger partial charge in [-0.15, -0.1) is 0 Å². The van der Waals surface area contributed by atoms with E-state index in [2.05, 4.69) is 15.5 Å². The topological polar surface area (TPSA) is 98.0 Å². The number of carboxylic acid groups (broad SMARTS) is 1. The molecule has 0 aliphatic rings. The molecule has 51 valence electrons. The molecule has 0 amide bonds. The van der Waals surface area contributed by atoms with Crippen molar-refractivity contribution in [1.82, 2.24) is 0 Å². The van der Waals surface area contributed by atoms with Crippen LogP contribution in [0.25, 0.3) is 0 Å². The maximum absolute atomic E-state index is 8.83. The van der Waals surface area contributed by atoms with E-state index >= 15 is 0 Å². The zero-order valence-corrected chi connectivity index (χ0v) is 4.58. The predicted octanol–water partition coefficient (Wildman–Crippen LogP) is -1.84. The van der Waals surface area contributed by atoms with Gasteiger partial charge in [-0.05, 0) is 0 Å². The Balaban J connectivity index is 0. The van der Waals surface area contributed by atoms with Crippen molar-refractivity contribution >= 4 is 12.3 Å². The molecule has 0 aliphatic carbocycles. The molecule has 0 atom stereocenters. The molecular weight excluding hydrogens is 162 g/mol. The van der Waals surface area contributed by atoms with Crippen LogP contribution >= 0.6 is 0 Å². The Kier molecular flexibility index (Phi) is 9.34. The van der Waals surface area contributed by atoms with Gasteiger partial charge in [0.05, 0.1) is 0 Å². The Hall–Kier alpha value is -0.0916. The predicted molar refractivity (Wildman–Crippen MR) is 20.4 cm³/mol. The van der Waals surface area contributed by atoms with E-state index in [-0.39, 0.29) is 0 Å². The Labute approximate surface area is 53.5 Å². The van der Waals surface area contributed by atoms with Crippen LogP contribution in [0.5, 0.6) is 0 Å². The first kappa shape index (κ1) is 10.8. The Morgan fingerprint density at radius 3 is 1.38 bits per heavy atom. The summed E-state index contributed by atoms with van der Waals surface area (Å²) in [5.74, 6) is 0. The van der Waals surface area contributed by atoms with E-state index in [4.69, 9.17) is 25.0 Å². The first-order valence-corrected chi connectivity index (χ1v) is 1.85. The van der Waals surface area contributed by atoms with Gasteiger partial charge in [0.25, 0.3) is 0 Å². The van der Waals surface area contributed by atoms with Gasteiger partial charge in [0, 0.05) is 0 Å². The summed E-state index contributed by atoms with van der Waals surface area (Å²) in [7, 11) is -2.17. The van der Waals surface area contributed by atoms with Crippen LogP contribution in [0.15, 0.2) is 0 Å². The summed E-state index contributed by atoms with van der Waals surface area (Å²) in [6.45, 7) is 0. The summed E-state index contributed by atoms with van der Waals surface area (Å²) in [6.07, 6.45) is 0. The maximum Gasteiger partial charge on any atom is 0.631 e. The smallest absolute Gasteiger partial charge is 0.402 e. The van der Waals surface area contributed by atoms with Crippen molar-refractivity contribution in [3.05, 3.63) is 0 Å². The van der Waals surface area contributed by atoms with Crippen molar-refractivity contribution in [2.75, 3.05) is 0 Å². The van der Waals surface area contributed by atoms with E-state index in [1.807, 2.05) is 0 Å². The summed E-state index contributed by atoms with van der Waals surface area (Å²) < 4.78 is 0. The fraction of sp³-hybridized carbons (Fsp3) is 0. The molecule has 0 saturated heterocycles. The van der Waals surface area contributed by atoms with Gasteiger partial charge in [0.15, 0.2) is 0 Å². The van der Waals surface area contributed by atoms with Crippen molar-refractivity contribution in [3.8, 4) is 0 Å². The molecule has 0 aliphatic heterocycles. The van der Waals surface area contributed by atoms with Gasteiger partial charge in [-0.1, -0.05) is 0 Å². The summed E-state index contributed by atoms with van der Waals surface area (Å²) in [6, 6.07) is 0. The monoisotopic (exact) mass is 165 g/mol. The Morgan fingerprint density at radius 1 is 1.38 bits per heavy atom. The van der Waals surface area contributed by atoms with Crippen LogP contribution in [0.4, 0.5) is 4.79 Å². The first-order chi connectivity index (χ1) is 3.46. The van der Waals surface area contributed by atoms with Gasteiger partial charge in [0.1, 0.15) is 0 Å². The molecule has 0 unspecified atom stereocenters. The minimum Gasteiger partial charge on any atom is -0.402 e. The van der Waals surface area contributed by atoms with Crippen LogP contribution in [0, 0.1) is 0 Å². The number of hydrogen-bond acceptors (Lipinski definition) is 4. The van der Waals surface area contributed by atoms with Crippen molar-refractivity contribution in [2.24, 2.45) is 0 Å². The largest absolute Gasteiger partial charge is 0.631 e. The molecule has 0 aromatic rings. The molecule has 0 aromatic heterocycles. The van der Waals surface area contributed by atoms with Crippen LogP contribution in [0.2, 0.25) is 0 Å². The second kappa shape index (κ2) is 6.91. The second-order valence-electron chi connectivity index (χ2n) is 0.573. The average molecular weight is 166 g/mol. The van der Waals surface area contributed by atoms with Gasteiger partial charge < -0.3 is 15.1 Å². The minimum atomic E-state index is -2.17. The molecule has 7 heteroatoms. The van der Waals surface area contributed by atoms with E-state index in [0.717, 1.165) is 0 Å². The molecular formula is CH4BNiO5. The summed E-state index contributed by atoms with van der Waals surface area (Å²) in [4.78, 5) is 7.63. The van der Waals surface area contributed by atoms with Crippen LogP contribution < -0.4 is 0 Å². The fourth-order valence-corrected chi connectivity index (χ4v) is 0. The molecule has 0 aromatic carbocycles. The summed E-state index contributed by atoms with van der Waals surface area (Å²) >= 11 is 3.29. The van der Waals surface area contributed by atoms with E-state index in [9.17, 15) is 0 Å². The van der Waals surface area contributed by atoms with Gasteiger partial charge in [-0.25, -0.2) is 0 Å². The normalized spacial score (nSPS) is 6.62. The summed E-state index contributed by atoms with van der Waals surface area (Å²) in [5, 5.41) is 28.8. The molecule has 8 heavy (non-hydrogen) atoms. The molecule has 4 N–H and O–H groups in total. The molecule has 0 spiro atoms. The van der Waals surface area contributed by atoms with Crippen LogP contribution in [0.1, 0.15) is 0 Å². The van der Waals surface area contributed by atoms with Gasteiger partial charge in [-0.2, -0.15) is 0 Å². The van der Waals surface area contributed by atoms with E-state index < -0.39 is 12.3 Å². The molecule has 0 fully saturated rings. The van der Waals surface area contributed by atoms with E-state index in [1.165, 1.54) is 0 Å². The van der Waals surface area contributed by atoms with Crippen molar-refractivity contribution in [3.63, 3.8) is 0 Å². The van der Waals surface area contributed by atoms with Crippen molar-refractivity contribution in [2.45, 2.75) is 0 Å². The third-order valence-corrected chi connectivity index (χ3v) is 0. The Bertz CT molecular complexity index is 56.7. The first-order valence-electron chi connectivity index (χ1n) is 1.36. The Morgan fingerprint density at radius 2 is 1.38 bits per heavy atom. The zero-order chi connectivity index (χ0) is 7.15. The molecule has 5 nitrogen and oxygen atoms in total. The van der Waals surface area contributed by atoms with Crippen LogP contribution in [-0.2, 0) is 15.5 Å². The third-order valence-electron chi connectivity index (χ3n) is 0. The molecule has 0 radical (unpaired) electrons. The third kappa shape index (κ3) is 17000. The molecule has 0 saturated carbocycles. The zero-order valence-electron chi connectivity index (χ0n) is 3.59. The quantitative estimate of drug-likeness (QED) is 0.316. The van der Waals surface area contributed by atoms with Crippen molar-refractivity contribution < 1.29 is 40.4 Å². The minimum absolute atomic E-state index is 1.21. The van der Waals surface area contributed by atoms with E-state index in [1.54, 1.807) is 0 Å². The van der Waals surface area contributed by atoms with Gasteiger partial charge >= 0.3 is 37.6 Å². The van der Waals surface area contributed by atoms with Crippen molar-refractivity contribution in [1.29, 1.82) is 0 Å². The number of rotatable bonds is 0. The van der Waals surface area contributed by atoms with E-state index in [0.29, 0.717) is 0 Å². The number of hydrogen-bond donors (Lipinski definition) is 4. The average Bonchev–Trinajstić information content (AvgIpc) is 1.25. The standard InChI is InChI=1S/CHO2.BH3O3.Ni/c2-1-3;2-1(3)4;/h(H,2,3);2-4H;. The fourth-order valence-electron chi connectivity index (χ4n) is 0. The van der Waals surface area contributed by atoms with Gasteiger partial charge in [-0.3, -0.25) is 0 Å². The van der Waals surface area contributed by atoms with Crippen LogP contribution in [0.3, 0.4) is 0 Å². The maximum atomic E-state index is 8.83. The SMILES string of the molecule is O=[C](O)[Ni].OB(O)O. The molecule has 0 rings (SSSR count). The number of carbonyl (C=O) groups is 1. The van der Waals surface area contributed by atoms with Gasteiger partial charge in [0.2, 0.25) is 0 Å². The van der Waals surface area contributed by atoms with Crippen LogP contribution in [-0.4, -0.2) is 32.4 Å².